The molecule has 1 heterocycles. The highest BCUT2D eigenvalue weighted by atomic mass is 32.1. The highest BCUT2D eigenvalue weighted by molar-refractivity contribution is 7.15. The Bertz CT molecular complexity index is 636. The van der Waals surface area contributed by atoms with Crippen LogP contribution in [0.1, 0.15) is 36.9 Å². The molecule has 21 heavy (non-hydrogen) atoms. The van der Waals surface area contributed by atoms with Gasteiger partial charge in [0.25, 0.3) is 0 Å². The first-order chi connectivity index (χ1) is 9.74. The number of hydrogen-bond donors (Lipinski definition) is 1. The van der Waals surface area contributed by atoms with Crippen LogP contribution in [-0.4, -0.2) is 16.4 Å². The van der Waals surface area contributed by atoms with Gasteiger partial charge in [0.05, 0.1) is 12.1 Å². The second-order valence-electron chi connectivity index (χ2n) is 6.37. The monoisotopic (exact) mass is 302 g/mol. The summed E-state index contributed by atoms with van der Waals surface area (Å²) in [6, 6.07) is 8.31. The topological polar surface area (TPSA) is 42.0 Å². The van der Waals surface area contributed by atoms with E-state index in [4.69, 9.17) is 0 Å². The van der Waals surface area contributed by atoms with Crippen molar-refractivity contribution in [1.82, 2.24) is 10.3 Å². The minimum absolute atomic E-state index is 0.0460. The molecule has 0 bridgehead atoms. The molecule has 112 valence electrons. The van der Waals surface area contributed by atoms with Crippen molar-refractivity contribution in [1.29, 1.82) is 0 Å². The Hall–Kier alpha value is -1.68. The zero-order chi connectivity index (χ0) is 15.6. The van der Waals surface area contributed by atoms with E-state index in [1.54, 1.807) is 11.3 Å². The maximum Gasteiger partial charge on any atom is 0.225 e. The minimum atomic E-state index is -0.199. The van der Waals surface area contributed by atoms with Crippen molar-refractivity contribution in [3.8, 4) is 10.6 Å². The first kappa shape index (κ1) is 15.7. The van der Waals surface area contributed by atoms with Gasteiger partial charge in [-0.25, -0.2) is 4.98 Å². The number of carbonyl (C=O) groups excluding carboxylic acids is 1. The molecule has 1 aromatic carbocycles. The normalized spacial score (nSPS) is 11.5. The van der Waals surface area contributed by atoms with Gasteiger partial charge < -0.3 is 5.32 Å². The molecule has 0 atom stereocenters. The Balaban J connectivity index is 2.16. The second-order valence-corrected chi connectivity index (χ2v) is 7.45. The van der Waals surface area contributed by atoms with Crippen molar-refractivity contribution in [3.05, 3.63) is 40.4 Å². The van der Waals surface area contributed by atoms with Gasteiger partial charge in [0.1, 0.15) is 5.01 Å². The third-order valence-corrected chi connectivity index (χ3v) is 4.23. The fraction of sp³-hybridized carbons (Fsp3) is 0.412. The molecule has 1 amide bonds. The molecule has 0 fully saturated rings. The lowest BCUT2D eigenvalue weighted by Gasteiger charge is -2.20. The van der Waals surface area contributed by atoms with Crippen LogP contribution in [0.2, 0.25) is 0 Å². The van der Waals surface area contributed by atoms with Crippen molar-refractivity contribution in [3.63, 3.8) is 0 Å². The average molecular weight is 302 g/mol. The van der Waals surface area contributed by atoms with Gasteiger partial charge in [0.2, 0.25) is 5.91 Å². The molecule has 0 aliphatic rings. The van der Waals surface area contributed by atoms with E-state index < -0.39 is 0 Å². The van der Waals surface area contributed by atoms with Gasteiger partial charge >= 0.3 is 0 Å². The number of hydrogen-bond acceptors (Lipinski definition) is 3. The number of amides is 1. The van der Waals surface area contributed by atoms with E-state index in [2.05, 4.69) is 41.5 Å². The Labute approximate surface area is 130 Å². The maximum atomic E-state index is 12.0. The van der Waals surface area contributed by atoms with Gasteiger partial charge in [0, 0.05) is 16.0 Å². The second kappa shape index (κ2) is 5.98. The summed E-state index contributed by atoms with van der Waals surface area (Å²) in [5, 5.41) is 3.97. The fourth-order valence-corrected chi connectivity index (χ4v) is 3.09. The van der Waals surface area contributed by atoms with E-state index in [0.29, 0.717) is 6.42 Å². The zero-order valence-electron chi connectivity index (χ0n) is 13.3. The van der Waals surface area contributed by atoms with Crippen LogP contribution in [0.4, 0.5) is 0 Å². The van der Waals surface area contributed by atoms with Crippen LogP contribution >= 0.6 is 11.3 Å². The van der Waals surface area contributed by atoms with Crippen molar-refractivity contribution in [2.45, 2.75) is 46.6 Å². The predicted molar refractivity (Wildman–Crippen MR) is 88.6 cm³/mol. The van der Waals surface area contributed by atoms with E-state index >= 15 is 0 Å². The van der Waals surface area contributed by atoms with Gasteiger partial charge in [0.15, 0.2) is 0 Å². The van der Waals surface area contributed by atoms with Crippen LogP contribution in [-0.2, 0) is 11.2 Å². The number of nitrogens with one attached hydrogen (secondary N) is 1. The number of aromatic nitrogens is 1. The van der Waals surface area contributed by atoms with E-state index in [9.17, 15) is 4.79 Å². The Morgan fingerprint density at radius 1 is 1.19 bits per heavy atom. The third kappa shape index (κ3) is 4.39. The maximum absolute atomic E-state index is 12.0. The molecular formula is C17H22N2OS. The number of thiazole rings is 1. The summed E-state index contributed by atoms with van der Waals surface area (Å²) in [6.07, 6.45) is 0.395. The van der Waals surface area contributed by atoms with Crippen LogP contribution in [0.3, 0.4) is 0 Å². The molecule has 1 aromatic heterocycles. The quantitative estimate of drug-likeness (QED) is 0.934. The lowest BCUT2D eigenvalue weighted by atomic mass is 10.1. The van der Waals surface area contributed by atoms with Gasteiger partial charge in [-0.1, -0.05) is 29.8 Å². The molecular weight excluding hydrogens is 280 g/mol. The van der Waals surface area contributed by atoms with Crippen LogP contribution in [0.25, 0.3) is 10.6 Å². The number of benzene rings is 1. The largest absolute Gasteiger partial charge is 0.351 e. The molecule has 2 aromatic rings. The summed E-state index contributed by atoms with van der Waals surface area (Å²) < 4.78 is 0. The smallest absolute Gasteiger partial charge is 0.225 e. The third-order valence-electron chi connectivity index (χ3n) is 3.03. The molecule has 0 radical (unpaired) electrons. The SMILES string of the molecule is Cc1ccc(-c2nc(C)c(CC(=O)NC(C)(C)C)s2)cc1. The van der Waals surface area contributed by atoms with E-state index in [1.807, 2.05) is 27.7 Å². The Morgan fingerprint density at radius 2 is 1.81 bits per heavy atom. The van der Waals surface area contributed by atoms with Crippen LogP contribution in [0.15, 0.2) is 24.3 Å². The highest BCUT2D eigenvalue weighted by Gasteiger charge is 2.17. The summed E-state index contributed by atoms with van der Waals surface area (Å²) in [5.74, 6) is 0.0460. The van der Waals surface area contributed by atoms with Gasteiger partial charge in [-0.3, -0.25) is 4.79 Å². The summed E-state index contributed by atoms with van der Waals surface area (Å²) in [7, 11) is 0. The first-order valence-corrected chi connectivity index (χ1v) is 7.90. The average Bonchev–Trinajstić information content (AvgIpc) is 2.69. The van der Waals surface area contributed by atoms with Crippen molar-refractivity contribution in [2.24, 2.45) is 0 Å². The Kier molecular flexibility index (Phi) is 4.47. The molecule has 4 heteroatoms. The van der Waals surface area contributed by atoms with E-state index in [1.165, 1.54) is 5.56 Å². The predicted octanol–water partition coefficient (Wildman–Crippen LogP) is 3.88. The van der Waals surface area contributed by atoms with Crippen molar-refractivity contribution >= 4 is 17.2 Å². The summed E-state index contributed by atoms with van der Waals surface area (Å²) in [5.41, 5.74) is 3.09. The molecule has 0 unspecified atom stereocenters. The van der Waals surface area contributed by atoms with Gasteiger partial charge in [-0.15, -0.1) is 11.3 Å². The molecule has 1 N–H and O–H groups in total. The number of carbonyl (C=O) groups is 1. The highest BCUT2D eigenvalue weighted by Crippen LogP contribution is 2.28. The number of aryl methyl sites for hydroxylation is 2. The van der Waals surface area contributed by atoms with Crippen LogP contribution in [0, 0.1) is 13.8 Å². The Morgan fingerprint density at radius 3 is 2.38 bits per heavy atom. The minimum Gasteiger partial charge on any atom is -0.351 e. The van der Waals surface area contributed by atoms with Crippen molar-refractivity contribution < 1.29 is 4.79 Å². The molecule has 0 aliphatic carbocycles. The molecule has 0 spiro atoms. The van der Waals surface area contributed by atoms with Crippen LogP contribution in [0.5, 0.6) is 0 Å². The summed E-state index contributed by atoms with van der Waals surface area (Å²) in [4.78, 5) is 17.7. The first-order valence-electron chi connectivity index (χ1n) is 7.09. The van der Waals surface area contributed by atoms with Gasteiger partial charge in [-0.2, -0.15) is 0 Å². The number of rotatable bonds is 3. The fourth-order valence-electron chi connectivity index (χ4n) is 2.02. The standard InChI is InChI=1S/C17H22N2OS/c1-11-6-8-13(9-7-11)16-18-12(2)14(21-16)10-15(20)19-17(3,4)5/h6-9H,10H2,1-5H3,(H,19,20). The lowest BCUT2D eigenvalue weighted by molar-refractivity contribution is -0.121. The van der Waals surface area contributed by atoms with E-state index in [0.717, 1.165) is 21.1 Å². The molecule has 2 rings (SSSR count). The zero-order valence-corrected chi connectivity index (χ0v) is 14.1. The molecule has 0 aliphatic heterocycles. The van der Waals surface area contributed by atoms with E-state index in [-0.39, 0.29) is 11.4 Å². The molecule has 0 saturated carbocycles. The molecule has 3 nitrogen and oxygen atoms in total. The summed E-state index contributed by atoms with van der Waals surface area (Å²) in [6.45, 7) is 10.00. The van der Waals surface area contributed by atoms with Crippen molar-refractivity contribution in [2.75, 3.05) is 0 Å². The summed E-state index contributed by atoms with van der Waals surface area (Å²) >= 11 is 1.60. The lowest BCUT2D eigenvalue weighted by Crippen LogP contribution is -2.41. The molecule has 0 saturated heterocycles. The van der Waals surface area contributed by atoms with Gasteiger partial charge in [-0.05, 0) is 34.6 Å². The van der Waals surface area contributed by atoms with Crippen LogP contribution < -0.4 is 5.32 Å². The number of nitrogens with zero attached hydrogens (tertiary/aromatic N) is 1.